The van der Waals surface area contributed by atoms with Crippen molar-refractivity contribution in [1.82, 2.24) is 14.5 Å². The third-order valence-electron chi connectivity index (χ3n) is 4.50. The predicted octanol–water partition coefficient (Wildman–Crippen LogP) is 4.51. The number of benzene rings is 2. The molecule has 4 aromatic rings. The lowest BCUT2D eigenvalue weighted by Crippen LogP contribution is -2.08. The van der Waals surface area contributed by atoms with Crippen molar-refractivity contribution < 1.29 is 13.3 Å². The Bertz CT molecular complexity index is 1290. The molecule has 0 saturated heterocycles. The molecule has 0 unspecified atom stereocenters. The van der Waals surface area contributed by atoms with Crippen molar-refractivity contribution in [2.75, 3.05) is 0 Å². The van der Waals surface area contributed by atoms with Crippen LogP contribution >= 0.6 is 0 Å². The fourth-order valence-electron chi connectivity index (χ4n) is 3.01. The second-order valence-electron chi connectivity index (χ2n) is 6.42. The van der Waals surface area contributed by atoms with Crippen molar-refractivity contribution in [3.8, 4) is 11.3 Å². The van der Waals surface area contributed by atoms with Crippen molar-refractivity contribution in [1.29, 1.82) is 0 Å². The Morgan fingerprint density at radius 3 is 2.85 bits per heavy atom. The minimum atomic E-state index is -0.912. The minimum absolute atomic E-state index is 0.105. The van der Waals surface area contributed by atoms with Gasteiger partial charge in [-0.3, -0.25) is 9.78 Å². The summed E-state index contributed by atoms with van der Waals surface area (Å²) in [5.74, 6) is -1.55. The summed E-state index contributed by atoms with van der Waals surface area (Å²) in [5, 5.41) is 1.77. The molecule has 0 bridgehead atoms. The standard InChI is InChI=1S/C22H18FN3O/c1-14-4-3-5-19(22(14)23)21(27)10-18-9-17-8-15(6-7-16(17)11-25-18)20-12-24-13-26(20)2/h3-9,11-13H,10H2,1-2H3/i3D,4D,5D. The molecule has 0 N–H and O–H groups in total. The number of hydrogen-bond acceptors (Lipinski definition) is 3. The van der Waals surface area contributed by atoms with Gasteiger partial charge in [-0.25, -0.2) is 9.37 Å². The summed E-state index contributed by atoms with van der Waals surface area (Å²) in [6.45, 7) is 1.33. The van der Waals surface area contributed by atoms with Crippen LogP contribution in [0.1, 0.15) is 25.7 Å². The lowest BCUT2D eigenvalue weighted by Gasteiger charge is -2.07. The Hall–Kier alpha value is -3.34. The molecule has 4 nitrogen and oxygen atoms in total. The highest BCUT2D eigenvalue weighted by atomic mass is 19.1. The highest BCUT2D eigenvalue weighted by Gasteiger charge is 2.15. The number of aryl methyl sites for hydroxylation is 1. The molecule has 0 amide bonds. The summed E-state index contributed by atoms with van der Waals surface area (Å²) in [5.41, 5.74) is 1.78. The lowest BCUT2D eigenvalue weighted by molar-refractivity contribution is 0.0988. The summed E-state index contributed by atoms with van der Waals surface area (Å²) in [4.78, 5) is 21.2. The van der Waals surface area contributed by atoms with Crippen LogP contribution in [0.4, 0.5) is 4.39 Å². The van der Waals surface area contributed by atoms with Gasteiger partial charge in [0.2, 0.25) is 0 Å². The third kappa shape index (κ3) is 3.24. The van der Waals surface area contributed by atoms with E-state index in [1.165, 1.54) is 6.92 Å². The molecule has 134 valence electrons. The Morgan fingerprint density at radius 2 is 2.07 bits per heavy atom. The molecule has 0 aliphatic rings. The molecular formula is C22H18FN3O. The minimum Gasteiger partial charge on any atom is -0.334 e. The molecule has 0 atom stereocenters. The fourth-order valence-corrected chi connectivity index (χ4v) is 3.01. The normalized spacial score (nSPS) is 12.6. The van der Waals surface area contributed by atoms with Crippen molar-refractivity contribution in [3.05, 3.63) is 83.8 Å². The van der Waals surface area contributed by atoms with Crippen LogP contribution in [-0.2, 0) is 13.5 Å². The topological polar surface area (TPSA) is 47.8 Å². The van der Waals surface area contributed by atoms with E-state index in [0.717, 1.165) is 22.0 Å². The summed E-state index contributed by atoms with van der Waals surface area (Å²) < 4.78 is 39.9. The first-order chi connectivity index (χ1) is 14.3. The largest absolute Gasteiger partial charge is 0.334 e. The maximum atomic E-state index is 14.6. The zero-order valence-corrected chi connectivity index (χ0v) is 14.9. The number of aromatic nitrogens is 3. The van der Waals surface area contributed by atoms with E-state index in [4.69, 9.17) is 4.11 Å². The monoisotopic (exact) mass is 362 g/mol. The number of ketones is 1. The van der Waals surface area contributed by atoms with Gasteiger partial charge in [-0.05, 0) is 36.0 Å². The highest BCUT2D eigenvalue weighted by Crippen LogP contribution is 2.24. The van der Waals surface area contributed by atoms with E-state index in [0.29, 0.717) is 5.69 Å². The van der Waals surface area contributed by atoms with Crippen LogP contribution in [0, 0.1) is 12.7 Å². The summed E-state index contributed by atoms with van der Waals surface area (Å²) >= 11 is 0. The number of nitrogens with zero attached hydrogens (tertiary/aromatic N) is 3. The van der Waals surface area contributed by atoms with E-state index in [9.17, 15) is 9.18 Å². The van der Waals surface area contributed by atoms with E-state index in [1.54, 1.807) is 24.8 Å². The zero-order chi connectivity index (χ0) is 21.6. The van der Waals surface area contributed by atoms with E-state index in [-0.39, 0.29) is 18.0 Å². The van der Waals surface area contributed by atoms with Crippen LogP contribution in [-0.4, -0.2) is 20.3 Å². The van der Waals surface area contributed by atoms with E-state index >= 15 is 0 Å². The average molecular weight is 362 g/mol. The number of carbonyl (C=O) groups is 1. The number of fused-ring (bicyclic) bond motifs is 1. The number of rotatable bonds is 4. The van der Waals surface area contributed by atoms with Gasteiger partial charge in [-0.15, -0.1) is 0 Å². The molecule has 2 aromatic carbocycles. The number of carbonyl (C=O) groups excluding carboxylic acids is 1. The van der Waals surface area contributed by atoms with Gasteiger partial charge in [0.05, 0.1) is 34.3 Å². The van der Waals surface area contributed by atoms with Crippen molar-refractivity contribution in [2.45, 2.75) is 13.3 Å². The Balaban J connectivity index is 1.71. The second kappa shape index (κ2) is 6.76. The van der Waals surface area contributed by atoms with Crippen molar-refractivity contribution >= 4 is 16.6 Å². The maximum Gasteiger partial charge on any atom is 0.171 e. The van der Waals surface area contributed by atoms with Gasteiger partial charge < -0.3 is 4.57 Å². The van der Waals surface area contributed by atoms with E-state index < -0.39 is 29.2 Å². The summed E-state index contributed by atoms with van der Waals surface area (Å²) in [7, 11) is 1.90. The molecule has 0 radical (unpaired) electrons. The van der Waals surface area contributed by atoms with E-state index in [2.05, 4.69) is 9.97 Å². The molecule has 0 spiro atoms. The molecule has 0 aliphatic heterocycles. The van der Waals surface area contributed by atoms with Gasteiger partial charge in [0.25, 0.3) is 0 Å². The van der Waals surface area contributed by atoms with Crippen LogP contribution in [0.5, 0.6) is 0 Å². The third-order valence-corrected chi connectivity index (χ3v) is 4.50. The average Bonchev–Trinajstić information content (AvgIpc) is 3.16. The molecular weight excluding hydrogens is 341 g/mol. The molecule has 0 aliphatic carbocycles. The number of halogens is 1. The zero-order valence-electron chi connectivity index (χ0n) is 17.9. The van der Waals surface area contributed by atoms with Crippen LogP contribution < -0.4 is 0 Å². The molecule has 2 heterocycles. The van der Waals surface area contributed by atoms with Crippen molar-refractivity contribution in [2.24, 2.45) is 7.05 Å². The first-order valence-corrected chi connectivity index (χ1v) is 8.42. The lowest BCUT2D eigenvalue weighted by atomic mass is 10.0. The number of pyridine rings is 1. The Morgan fingerprint density at radius 1 is 1.22 bits per heavy atom. The highest BCUT2D eigenvalue weighted by molar-refractivity contribution is 5.98. The van der Waals surface area contributed by atoms with Crippen LogP contribution in [0.2, 0.25) is 0 Å². The van der Waals surface area contributed by atoms with Gasteiger partial charge in [-0.2, -0.15) is 0 Å². The number of hydrogen-bond donors (Lipinski definition) is 0. The Kier molecular flexibility index (Phi) is 3.46. The number of Topliss-reactive ketones (excluding diaryl/α,β-unsaturated/α-hetero) is 1. The predicted molar refractivity (Wildman–Crippen MR) is 103 cm³/mol. The second-order valence-corrected chi connectivity index (χ2v) is 6.42. The van der Waals surface area contributed by atoms with Crippen LogP contribution in [0.25, 0.3) is 22.0 Å². The van der Waals surface area contributed by atoms with E-state index in [1.807, 2.05) is 29.8 Å². The Labute approximate surface area is 160 Å². The van der Waals surface area contributed by atoms with Gasteiger partial charge in [-0.1, -0.05) is 24.2 Å². The van der Waals surface area contributed by atoms with Gasteiger partial charge in [0, 0.05) is 29.9 Å². The van der Waals surface area contributed by atoms with Crippen molar-refractivity contribution in [3.63, 3.8) is 0 Å². The first kappa shape index (κ1) is 13.8. The molecule has 27 heavy (non-hydrogen) atoms. The van der Waals surface area contributed by atoms with Gasteiger partial charge in [0.1, 0.15) is 5.82 Å². The molecule has 5 heteroatoms. The van der Waals surface area contributed by atoms with Crippen LogP contribution in [0.15, 0.2) is 61.1 Å². The first-order valence-electron chi connectivity index (χ1n) is 9.92. The number of imidazole rings is 1. The van der Waals surface area contributed by atoms with Crippen LogP contribution in [0.3, 0.4) is 0 Å². The van der Waals surface area contributed by atoms with Gasteiger partial charge >= 0.3 is 0 Å². The summed E-state index contributed by atoms with van der Waals surface area (Å²) in [6.07, 6.45) is 4.93. The smallest absolute Gasteiger partial charge is 0.171 e. The molecule has 0 saturated carbocycles. The van der Waals surface area contributed by atoms with Gasteiger partial charge in [0.15, 0.2) is 5.78 Å². The molecule has 4 rings (SSSR count). The molecule has 2 aromatic heterocycles. The quantitative estimate of drug-likeness (QED) is 0.502. The SMILES string of the molecule is [2H]c1c([2H])c(C)c(F)c(C(=O)Cc2cc3cc(-c4cncn4C)ccc3cn2)c1[2H]. The molecule has 0 fully saturated rings. The maximum absolute atomic E-state index is 14.6. The fraction of sp³-hybridized carbons (Fsp3) is 0.136. The summed E-state index contributed by atoms with van der Waals surface area (Å²) in [6, 6.07) is 6.24.